The zero-order chi connectivity index (χ0) is 15.4. The average molecular weight is 291 g/mol. The fraction of sp³-hybridized carbons (Fsp3) is 0.211. The van der Waals surface area contributed by atoms with Crippen molar-refractivity contribution in [1.82, 2.24) is 4.98 Å². The molecule has 3 nitrogen and oxygen atoms in total. The average Bonchev–Trinajstić information content (AvgIpc) is 2.51. The van der Waals surface area contributed by atoms with Crippen LogP contribution in [-0.4, -0.2) is 21.3 Å². The van der Waals surface area contributed by atoms with E-state index in [1.54, 1.807) is 6.08 Å². The van der Waals surface area contributed by atoms with E-state index < -0.39 is 12.2 Å². The highest BCUT2D eigenvalue weighted by Crippen LogP contribution is 2.35. The highest BCUT2D eigenvalue weighted by atomic mass is 16.3. The minimum absolute atomic E-state index is 0.737. The van der Waals surface area contributed by atoms with E-state index in [0.29, 0.717) is 0 Å². The lowest BCUT2D eigenvalue weighted by molar-refractivity contribution is 0.0471. The molecule has 3 heteroatoms. The largest absolute Gasteiger partial charge is 0.386 e. The smallest absolute Gasteiger partial charge is 0.109 e. The third kappa shape index (κ3) is 1.79. The molecule has 0 aliphatic heterocycles. The van der Waals surface area contributed by atoms with E-state index in [1.807, 2.05) is 24.3 Å². The maximum absolute atomic E-state index is 10.2. The maximum Gasteiger partial charge on any atom is 0.109 e. The van der Waals surface area contributed by atoms with E-state index in [9.17, 15) is 10.2 Å². The van der Waals surface area contributed by atoms with Gasteiger partial charge in [-0.2, -0.15) is 0 Å². The van der Waals surface area contributed by atoms with Crippen LogP contribution >= 0.6 is 0 Å². The summed E-state index contributed by atoms with van der Waals surface area (Å²) in [6.45, 7) is 4.19. The van der Waals surface area contributed by atoms with Crippen molar-refractivity contribution in [3.63, 3.8) is 0 Å². The molecule has 3 aromatic rings. The summed E-state index contributed by atoms with van der Waals surface area (Å²) in [6, 6.07) is 10.1. The molecule has 0 fully saturated rings. The second-order valence-electron chi connectivity index (χ2n) is 6.02. The van der Waals surface area contributed by atoms with Crippen molar-refractivity contribution in [3.8, 4) is 0 Å². The van der Waals surface area contributed by atoms with Gasteiger partial charge in [0.2, 0.25) is 0 Å². The van der Waals surface area contributed by atoms with Gasteiger partial charge in [-0.25, -0.2) is 4.98 Å². The Kier molecular flexibility index (Phi) is 2.83. The molecule has 2 N–H and O–H groups in total. The Morgan fingerprint density at radius 2 is 1.82 bits per heavy atom. The minimum Gasteiger partial charge on any atom is -0.386 e. The summed E-state index contributed by atoms with van der Waals surface area (Å²) in [7, 11) is 0. The number of nitrogens with zero attached hydrogens (tertiary/aromatic N) is 1. The molecule has 2 aromatic carbocycles. The first-order chi connectivity index (χ1) is 10.6. The number of rotatable bonds is 0. The van der Waals surface area contributed by atoms with Gasteiger partial charge in [-0.1, -0.05) is 35.9 Å². The van der Waals surface area contributed by atoms with E-state index in [1.165, 1.54) is 11.1 Å². The highest BCUT2D eigenvalue weighted by Gasteiger charge is 2.24. The van der Waals surface area contributed by atoms with Crippen molar-refractivity contribution in [1.29, 1.82) is 0 Å². The lowest BCUT2D eigenvalue weighted by atomic mass is 9.89. The summed E-state index contributed by atoms with van der Waals surface area (Å²) >= 11 is 0. The molecule has 2 atom stereocenters. The Hall–Kier alpha value is -2.23. The van der Waals surface area contributed by atoms with Gasteiger partial charge in [-0.3, -0.25) is 0 Å². The number of aliphatic hydroxyl groups is 2. The molecule has 4 rings (SSSR count). The van der Waals surface area contributed by atoms with E-state index in [4.69, 9.17) is 4.98 Å². The van der Waals surface area contributed by atoms with Crippen LogP contribution in [0.5, 0.6) is 0 Å². The van der Waals surface area contributed by atoms with Gasteiger partial charge < -0.3 is 10.2 Å². The van der Waals surface area contributed by atoms with E-state index in [2.05, 4.69) is 26.0 Å². The molecule has 0 amide bonds. The minimum atomic E-state index is -0.889. The number of pyridine rings is 1. The molecule has 0 saturated heterocycles. The lowest BCUT2D eigenvalue weighted by Gasteiger charge is -2.23. The highest BCUT2D eigenvalue weighted by molar-refractivity contribution is 6.01. The van der Waals surface area contributed by atoms with E-state index >= 15 is 0 Å². The standard InChI is InChI=1S/C19H17NO2/c1-10-3-7-16-15(9-10)11(2)12-4-5-14-13(18(12)20-16)6-8-17(21)19(14)22/h3-9,17,19,21-22H,1-2H3/t17-,19-/m0/s1. The van der Waals surface area contributed by atoms with Gasteiger partial charge in [0, 0.05) is 16.3 Å². The Bertz CT molecular complexity index is 943. The summed E-state index contributed by atoms with van der Waals surface area (Å²) in [6.07, 6.45) is 1.75. The number of aliphatic hydroxyl groups excluding tert-OH is 2. The quantitative estimate of drug-likeness (QED) is 0.624. The second kappa shape index (κ2) is 4.63. The molecule has 0 spiro atoms. The zero-order valence-corrected chi connectivity index (χ0v) is 12.5. The number of hydrogen-bond donors (Lipinski definition) is 2. The van der Waals surface area contributed by atoms with Crippen LogP contribution in [0.1, 0.15) is 28.4 Å². The molecular weight excluding hydrogens is 274 g/mol. The van der Waals surface area contributed by atoms with Crippen LogP contribution < -0.4 is 0 Å². The molecule has 1 aliphatic rings. The molecular formula is C19H17NO2. The monoisotopic (exact) mass is 291 g/mol. The zero-order valence-electron chi connectivity index (χ0n) is 12.5. The van der Waals surface area contributed by atoms with Gasteiger partial charge in [-0.15, -0.1) is 0 Å². The number of fused-ring (bicyclic) bond motifs is 4. The van der Waals surface area contributed by atoms with Crippen LogP contribution in [0.3, 0.4) is 0 Å². The Morgan fingerprint density at radius 1 is 1.00 bits per heavy atom. The van der Waals surface area contributed by atoms with Crippen LogP contribution in [0.15, 0.2) is 36.4 Å². The van der Waals surface area contributed by atoms with Gasteiger partial charge in [-0.05, 0) is 37.1 Å². The predicted octanol–water partition coefficient (Wildman–Crippen LogP) is 3.43. The first-order valence-corrected chi connectivity index (χ1v) is 7.44. The molecule has 0 bridgehead atoms. The van der Waals surface area contributed by atoms with Crippen LogP contribution in [0.4, 0.5) is 0 Å². The molecule has 1 aromatic heterocycles. The number of aromatic nitrogens is 1. The first kappa shape index (κ1) is 13.4. The van der Waals surface area contributed by atoms with Crippen LogP contribution in [0, 0.1) is 13.8 Å². The Labute approximate surface area is 128 Å². The van der Waals surface area contributed by atoms with Crippen LogP contribution in [0.25, 0.3) is 27.9 Å². The topological polar surface area (TPSA) is 53.4 Å². The van der Waals surface area contributed by atoms with E-state index in [0.717, 1.165) is 32.9 Å². The van der Waals surface area contributed by atoms with Gasteiger partial charge in [0.1, 0.15) is 12.2 Å². The predicted molar refractivity (Wildman–Crippen MR) is 88.7 cm³/mol. The first-order valence-electron chi connectivity index (χ1n) is 7.44. The summed E-state index contributed by atoms with van der Waals surface area (Å²) in [5.74, 6) is 0. The van der Waals surface area contributed by atoms with Crippen molar-refractivity contribution in [3.05, 3.63) is 58.7 Å². The fourth-order valence-corrected chi connectivity index (χ4v) is 3.28. The van der Waals surface area contributed by atoms with Crippen molar-refractivity contribution in [2.24, 2.45) is 0 Å². The molecule has 0 unspecified atom stereocenters. The van der Waals surface area contributed by atoms with Gasteiger partial charge in [0.25, 0.3) is 0 Å². The summed E-state index contributed by atoms with van der Waals surface area (Å²) in [4.78, 5) is 4.81. The van der Waals surface area contributed by atoms with Crippen molar-refractivity contribution in [2.75, 3.05) is 0 Å². The third-order valence-electron chi connectivity index (χ3n) is 4.55. The molecule has 1 heterocycles. The second-order valence-corrected chi connectivity index (χ2v) is 6.02. The number of aryl methyl sites for hydroxylation is 2. The van der Waals surface area contributed by atoms with Crippen LogP contribution in [-0.2, 0) is 0 Å². The summed E-state index contributed by atoms with van der Waals surface area (Å²) in [5.41, 5.74) is 5.89. The van der Waals surface area contributed by atoms with Gasteiger partial charge in [0.15, 0.2) is 0 Å². The number of hydrogen-bond acceptors (Lipinski definition) is 3. The van der Waals surface area contributed by atoms with Crippen molar-refractivity contribution >= 4 is 27.9 Å². The Morgan fingerprint density at radius 3 is 2.64 bits per heavy atom. The summed E-state index contributed by atoms with van der Waals surface area (Å²) in [5, 5.41) is 22.2. The maximum atomic E-state index is 10.2. The lowest BCUT2D eigenvalue weighted by Crippen LogP contribution is -2.19. The fourth-order valence-electron chi connectivity index (χ4n) is 3.28. The summed E-state index contributed by atoms with van der Waals surface area (Å²) < 4.78 is 0. The Balaban J connectivity index is 2.13. The van der Waals surface area contributed by atoms with Crippen molar-refractivity contribution in [2.45, 2.75) is 26.1 Å². The van der Waals surface area contributed by atoms with Crippen molar-refractivity contribution < 1.29 is 10.2 Å². The normalized spacial score (nSPS) is 20.5. The molecule has 22 heavy (non-hydrogen) atoms. The van der Waals surface area contributed by atoms with E-state index in [-0.39, 0.29) is 0 Å². The van der Waals surface area contributed by atoms with Crippen LogP contribution in [0.2, 0.25) is 0 Å². The number of benzene rings is 2. The third-order valence-corrected chi connectivity index (χ3v) is 4.55. The molecule has 0 saturated carbocycles. The van der Waals surface area contributed by atoms with Gasteiger partial charge >= 0.3 is 0 Å². The molecule has 110 valence electrons. The van der Waals surface area contributed by atoms with Gasteiger partial charge in [0.05, 0.1) is 11.0 Å². The SMILES string of the molecule is Cc1ccc2nc3c4c(ccc3c(C)c2c1)[C@H](O)[C@@H](O)C=C4. The molecule has 1 aliphatic carbocycles. The molecule has 0 radical (unpaired) electrons.